The molecular weight excluding hydrogens is 320 g/mol. The van der Waals surface area contributed by atoms with Gasteiger partial charge < -0.3 is 5.73 Å². The molecule has 4 aromatic rings. The fourth-order valence-corrected chi connectivity index (χ4v) is 2.99. The number of benzene rings is 2. The third-order valence-electron chi connectivity index (χ3n) is 4.12. The Labute approximate surface area is 141 Å². The van der Waals surface area contributed by atoms with Crippen LogP contribution in [0.4, 0.5) is 5.82 Å². The number of hydrogen-bond donors (Lipinski definition) is 1. The number of aromatic nitrogens is 2. The molecule has 2 heterocycles. The Morgan fingerprint density at radius 2 is 1.64 bits per heavy atom. The highest BCUT2D eigenvalue weighted by molar-refractivity contribution is 6.00. The summed E-state index contributed by atoms with van der Waals surface area (Å²) in [4.78, 5) is 28.3. The molecule has 0 aliphatic rings. The van der Waals surface area contributed by atoms with E-state index in [0.29, 0.717) is 21.3 Å². The lowest BCUT2D eigenvalue weighted by molar-refractivity contribution is -0.542. The van der Waals surface area contributed by atoms with Crippen molar-refractivity contribution < 1.29 is 5.03 Å². The first-order valence-electron chi connectivity index (χ1n) is 7.52. The summed E-state index contributed by atoms with van der Waals surface area (Å²) < 4.78 is 0.370. The molecule has 7 heteroatoms. The molecule has 7 nitrogen and oxygen atoms in total. The Morgan fingerprint density at radius 3 is 2.40 bits per heavy atom. The number of nitrogens with zero attached hydrogens (tertiary/aromatic N) is 3. The largest absolute Gasteiger partial charge is 0.380 e. The van der Waals surface area contributed by atoms with Crippen LogP contribution in [0.15, 0.2) is 65.5 Å². The van der Waals surface area contributed by atoms with Gasteiger partial charge in [-0.2, -0.15) is 0 Å². The Morgan fingerprint density at radius 1 is 0.960 bits per heavy atom. The number of pyridine rings is 2. The number of fused-ring (bicyclic) bond motifs is 2. The average Bonchev–Trinajstić information content (AvgIpc) is 2.61. The lowest BCUT2D eigenvalue weighted by Gasteiger charge is -2.11. The Hall–Kier alpha value is -3.74. The van der Waals surface area contributed by atoms with Crippen molar-refractivity contribution in [3.8, 4) is 11.3 Å². The van der Waals surface area contributed by atoms with Crippen molar-refractivity contribution in [2.75, 3.05) is 5.73 Å². The van der Waals surface area contributed by atoms with Crippen LogP contribution in [0.1, 0.15) is 0 Å². The number of rotatable bonds is 2. The standard InChI is InChI=1S/C18H12N4O3/c19-17-16(15-10-9-11-5-1-4-8-14(11)20-15)12-6-2-3-7-13(12)18(23)21(17)22(24)25/h1-10H,19H2. The van der Waals surface area contributed by atoms with E-state index in [2.05, 4.69) is 4.98 Å². The first-order chi connectivity index (χ1) is 12.1. The van der Waals surface area contributed by atoms with Crippen molar-refractivity contribution in [2.45, 2.75) is 0 Å². The molecule has 122 valence electrons. The van der Waals surface area contributed by atoms with Gasteiger partial charge in [0.15, 0.2) is 10.9 Å². The van der Waals surface area contributed by atoms with Crippen LogP contribution in [-0.4, -0.2) is 14.7 Å². The molecule has 0 spiro atoms. The van der Waals surface area contributed by atoms with Crippen molar-refractivity contribution in [1.29, 1.82) is 0 Å². The molecule has 0 unspecified atom stereocenters. The van der Waals surface area contributed by atoms with Gasteiger partial charge in [0.1, 0.15) is 0 Å². The van der Waals surface area contributed by atoms with Crippen LogP contribution < -0.4 is 11.3 Å². The van der Waals surface area contributed by atoms with E-state index in [1.165, 1.54) is 0 Å². The summed E-state index contributed by atoms with van der Waals surface area (Å²) >= 11 is 0. The fourth-order valence-electron chi connectivity index (χ4n) is 2.99. The van der Waals surface area contributed by atoms with Crippen LogP contribution in [0.5, 0.6) is 0 Å². The monoisotopic (exact) mass is 332 g/mol. The molecule has 4 rings (SSSR count). The summed E-state index contributed by atoms with van der Waals surface area (Å²) in [7, 11) is 0. The minimum atomic E-state index is -0.811. The van der Waals surface area contributed by atoms with Gasteiger partial charge in [-0.3, -0.25) is 4.79 Å². The highest BCUT2D eigenvalue weighted by Crippen LogP contribution is 2.32. The summed E-state index contributed by atoms with van der Waals surface area (Å²) in [5, 5.41) is 12.2. The third kappa shape index (κ3) is 2.21. The fraction of sp³-hybridized carbons (Fsp3) is 0. The summed E-state index contributed by atoms with van der Waals surface area (Å²) in [5.74, 6) is -0.239. The molecule has 0 bridgehead atoms. The van der Waals surface area contributed by atoms with E-state index in [0.717, 1.165) is 10.9 Å². The molecule has 2 N–H and O–H groups in total. The molecule has 0 amide bonds. The molecule has 0 saturated heterocycles. The maximum Gasteiger partial charge on any atom is 0.322 e. The molecule has 2 aromatic heterocycles. The van der Waals surface area contributed by atoms with Crippen molar-refractivity contribution in [3.05, 3.63) is 81.1 Å². The number of anilines is 1. The first kappa shape index (κ1) is 14.8. The molecule has 2 aromatic carbocycles. The Kier molecular flexibility index (Phi) is 3.21. The highest BCUT2D eigenvalue weighted by Gasteiger charge is 2.22. The number of para-hydroxylation sites is 1. The van der Waals surface area contributed by atoms with Gasteiger partial charge in [0.05, 0.1) is 22.2 Å². The van der Waals surface area contributed by atoms with Crippen LogP contribution >= 0.6 is 0 Å². The predicted octanol–water partition coefficient (Wildman–Crippen LogP) is 2.84. The SMILES string of the molecule is Nc1c(-c2ccc3ccccc3n2)c2ccccc2c(=O)n1[N+](=O)[O-]. The van der Waals surface area contributed by atoms with Crippen LogP contribution in [0.3, 0.4) is 0 Å². The van der Waals surface area contributed by atoms with Crippen molar-refractivity contribution in [2.24, 2.45) is 0 Å². The summed E-state index contributed by atoms with van der Waals surface area (Å²) in [6, 6.07) is 17.8. The minimum Gasteiger partial charge on any atom is -0.380 e. The van der Waals surface area contributed by atoms with E-state index in [4.69, 9.17) is 5.73 Å². The second-order valence-electron chi connectivity index (χ2n) is 5.55. The second kappa shape index (κ2) is 5.41. The lowest BCUT2D eigenvalue weighted by atomic mass is 10.0. The topological polar surface area (TPSA) is 104 Å². The quantitative estimate of drug-likeness (QED) is 0.449. The van der Waals surface area contributed by atoms with Gasteiger partial charge in [0, 0.05) is 10.8 Å². The van der Waals surface area contributed by atoms with Gasteiger partial charge in [0.25, 0.3) is 0 Å². The smallest absolute Gasteiger partial charge is 0.322 e. The highest BCUT2D eigenvalue weighted by atomic mass is 16.7. The van der Waals surface area contributed by atoms with Crippen LogP contribution in [0, 0.1) is 10.1 Å². The molecular formula is C18H12N4O3. The zero-order valence-corrected chi connectivity index (χ0v) is 12.9. The van der Waals surface area contributed by atoms with E-state index in [1.807, 2.05) is 30.3 Å². The van der Waals surface area contributed by atoms with E-state index >= 15 is 0 Å². The predicted molar refractivity (Wildman–Crippen MR) is 95.7 cm³/mol. The maximum absolute atomic E-state index is 12.4. The van der Waals surface area contributed by atoms with Crippen molar-refractivity contribution >= 4 is 27.5 Å². The van der Waals surface area contributed by atoms with Crippen molar-refractivity contribution in [1.82, 2.24) is 9.66 Å². The zero-order valence-electron chi connectivity index (χ0n) is 12.9. The Balaban J connectivity index is 2.16. The molecule has 0 saturated carbocycles. The van der Waals surface area contributed by atoms with Crippen LogP contribution in [0.25, 0.3) is 32.9 Å². The van der Waals surface area contributed by atoms with Gasteiger partial charge in [-0.25, -0.2) is 15.1 Å². The second-order valence-corrected chi connectivity index (χ2v) is 5.55. The number of nitrogen functional groups attached to an aromatic ring is 1. The summed E-state index contributed by atoms with van der Waals surface area (Å²) in [5.41, 5.74) is 6.83. The van der Waals surface area contributed by atoms with E-state index < -0.39 is 10.6 Å². The minimum absolute atomic E-state index is 0.221. The average molecular weight is 332 g/mol. The number of nitrogens with two attached hydrogens (primary N) is 1. The molecule has 0 fully saturated rings. The van der Waals surface area contributed by atoms with Gasteiger partial charge in [-0.05, 0) is 22.9 Å². The molecule has 0 atom stereocenters. The normalized spacial score (nSPS) is 11.0. The lowest BCUT2D eigenvalue weighted by Crippen LogP contribution is -2.29. The summed E-state index contributed by atoms with van der Waals surface area (Å²) in [6.45, 7) is 0. The molecule has 25 heavy (non-hydrogen) atoms. The van der Waals surface area contributed by atoms with E-state index in [-0.39, 0.29) is 11.2 Å². The van der Waals surface area contributed by atoms with Gasteiger partial charge in [0.2, 0.25) is 0 Å². The van der Waals surface area contributed by atoms with Crippen molar-refractivity contribution in [3.63, 3.8) is 0 Å². The maximum atomic E-state index is 12.4. The molecule has 0 aliphatic carbocycles. The van der Waals surface area contributed by atoms with Gasteiger partial charge in [-0.1, -0.05) is 42.5 Å². The zero-order chi connectivity index (χ0) is 17.6. The Bertz CT molecular complexity index is 1210. The van der Waals surface area contributed by atoms with Gasteiger partial charge >= 0.3 is 5.56 Å². The molecule has 0 radical (unpaired) electrons. The third-order valence-corrected chi connectivity index (χ3v) is 4.12. The van der Waals surface area contributed by atoms with Gasteiger partial charge in [-0.15, -0.1) is 0 Å². The number of nitro groups is 1. The van der Waals surface area contributed by atoms with E-state index in [1.54, 1.807) is 30.3 Å². The summed E-state index contributed by atoms with van der Waals surface area (Å²) in [6.07, 6.45) is 0. The first-order valence-corrected chi connectivity index (χ1v) is 7.52. The van der Waals surface area contributed by atoms with E-state index in [9.17, 15) is 14.9 Å². The van der Waals surface area contributed by atoms with Crippen LogP contribution in [-0.2, 0) is 0 Å². The number of hydrogen-bond acceptors (Lipinski definition) is 5. The molecule has 0 aliphatic heterocycles. The van der Waals surface area contributed by atoms with Crippen LogP contribution in [0.2, 0.25) is 0 Å².